The molecule has 3 N–H and O–H groups in total. The first-order valence-electron chi connectivity index (χ1n) is 6.73. The highest BCUT2D eigenvalue weighted by Crippen LogP contribution is 1.95. The summed E-state index contributed by atoms with van der Waals surface area (Å²) in [4.78, 5) is 5.39. The highest BCUT2D eigenvalue weighted by Gasteiger charge is 2.30. The van der Waals surface area contributed by atoms with E-state index in [1.807, 2.05) is 4.90 Å². The third-order valence-electron chi connectivity index (χ3n) is 4.39. The summed E-state index contributed by atoms with van der Waals surface area (Å²) in [5, 5.41) is 0. The largest absolute Gasteiger partial charge is 0.337 e. The van der Waals surface area contributed by atoms with Crippen molar-refractivity contribution in [2.75, 3.05) is 53.4 Å². The molecule has 0 radical (unpaired) electrons. The lowest BCUT2D eigenvalue weighted by atomic mass is 10.0. The monoisotopic (exact) mass is 214 g/mol. The van der Waals surface area contributed by atoms with Crippen LogP contribution in [0.4, 0.5) is 0 Å². The lowest BCUT2D eigenvalue weighted by Gasteiger charge is -2.31. The number of likely N-dealkylation sites (tertiary alicyclic amines) is 1. The van der Waals surface area contributed by atoms with Crippen molar-refractivity contribution in [1.29, 1.82) is 0 Å². The second-order valence-electron chi connectivity index (χ2n) is 5.70. The average Bonchev–Trinajstić information content (AvgIpc) is 2.44. The van der Waals surface area contributed by atoms with E-state index in [1.54, 1.807) is 9.80 Å². The zero-order chi connectivity index (χ0) is 10.7. The smallest absolute Gasteiger partial charge is 0.127 e. The Bertz CT molecular complexity index is 187. The quantitative estimate of drug-likeness (QED) is 0.400. The van der Waals surface area contributed by atoms with Gasteiger partial charge in [0, 0.05) is 19.3 Å². The third kappa shape index (κ3) is 3.16. The van der Waals surface area contributed by atoms with Crippen LogP contribution >= 0.6 is 0 Å². The molecule has 0 spiro atoms. The van der Waals surface area contributed by atoms with Gasteiger partial charge in [-0.1, -0.05) is 0 Å². The lowest BCUT2D eigenvalue weighted by molar-refractivity contribution is -0.963. The molecule has 3 nitrogen and oxygen atoms in total. The normalized spacial score (nSPS) is 43.6. The number of hydrogen-bond acceptors (Lipinski definition) is 0. The van der Waals surface area contributed by atoms with E-state index in [4.69, 9.17) is 0 Å². The van der Waals surface area contributed by atoms with Crippen LogP contribution in [0.25, 0.3) is 0 Å². The minimum absolute atomic E-state index is 0.986. The van der Waals surface area contributed by atoms with Crippen LogP contribution in [0.3, 0.4) is 0 Å². The van der Waals surface area contributed by atoms with Crippen molar-refractivity contribution in [2.24, 2.45) is 0 Å². The number of quaternary nitrogens is 3. The molecule has 88 valence electrons. The number of rotatable bonds is 1. The van der Waals surface area contributed by atoms with E-state index in [1.165, 1.54) is 58.5 Å². The molecule has 3 heteroatoms. The molecule has 2 heterocycles. The second-order valence-corrected chi connectivity index (χ2v) is 5.70. The van der Waals surface area contributed by atoms with Gasteiger partial charge in [0.15, 0.2) is 0 Å². The maximum atomic E-state index is 2.35. The Morgan fingerprint density at radius 2 is 1.40 bits per heavy atom. The molecular formula is C12H28N3+3. The van der Waals surface area contributed by atoms with Crippen LogP contribution in [0.15, 0.2) is 0 Å². The van der Waals surface area contributed by atoms with Gasteiger partial charge in [-0.05, 0) is 0 Å². The van der Waals surface area contributed by atoms with Crippen LogP contribution in [0.1, 0.15) is 19.3 Å². The number of piperidine rings is 1. The molecule has 2 unspecified atom stereocenters. The lowest BCUT2D eigenvalue weighted by Crippen LogP contribution is -3.21. The number of hydrogen-bond donors (Lipinski definition) is 3. The van der Waals surface area contributed by atoms with Gasteiger partial charge < -0.3 is 14.7 Å². The van der Waals surface area contributed by atoms with E-state index in [0.29, 0.717) is 0 Å². The molecular weight excluding hydrogens is 186 g/mol. The Kier molecular flexibility index (Phi) is 4.00. The van der Waals surface area contributed by atoms with Crippen LogP contribution in [0, 0.1) is 0 Å². The fraction of sp³-hybridized carbons (Fsp3) is 1.00. The molecule has 0 amide bonds. The van der Waals surface area contributed by atoms with Crippen molar-refractivity contribution >= 4 is 0 Å². The first-order chi connectivity index (χ1) is 7.25. The summed E-state index contributed by atoms with van der Waals surface area (Å²) in [6, 6.07) is 0.986. The van der Waals surface area contributed by atoms with Crippen LogP contribution < -0.4 is 14.7 Å². The Hall–Kier alpha value is -0.120. The van der Waals surface area contributed by atoms with Crippen molar-refractivity contribution in [1.82, 2.24) is 0 Å². The summed E-state index contributed by atoms with van der Waals surface area (Å²) < 4.78 is 0. The molecule has 0 aromatic rings. The zero-order valence-corrected chi connectivity index (χ0v) is 10.4. The van der Waals surface area contributed by atoms with E-state index in [9.17, 15) is 0 Å². The van der Waals surface area contributed by atoms with Gasteiger partial charge in [-0.2, -0.15) is 0 Å². The molecule has 2 saturated heterocycles. The highest BCUT2D eigenvalue weighted by molar-refractivity contribution is 4.60. The molecule has 0 bridgehead atoms. The summed E-state index contributed by atoms with van der Waals surface area (Å²) in [5.74, 6) is 0. The molecule has 0 saturated carbocycles. The Morgan fingerprint density at radius 1 is 0.733 bits per heavy atom. The van der Waals surface area contributed by atoms with Crippen molar-refractivity contribution in [3.05, 3.63) is 0 Å². The second kappa shape index (κ2) is 5.28. The van der Waals surface area contributed by atoms with Crippen molar-refractivity contribution in [3.8, 4) is 0 Å². The third-order valence-corrected chi connectivity index (χ3v) is 4.39. The standard InChI is InChI=1S/C12H25N3/c1-13-6-3-7-15(11-10-13)12-4-8-14(2)9-5-12/h12H,3-11H2,1-2H3/p+3. The van der Waals surface area contributed by atoms with Crippen LogP contribution in [-0.4, -0.2) is 59.4 Å². The van der Waals surface area contributed by atoms with Gasteiger partial charge in [0.2, 0.25) is 0 Å². The zero-order valence-electron chi connectivity index (χ0n) is 10.4. The minimum atomic E-state index is 0.986. The van der Waals surface area contributed by atoms with E-state index < -0.39 is 0 Å². The molecule has 0 aromatic heterocycles. The maximum absolute atomic E-state index is 2.35. The topological polar surface area (TPSA) is 13.3 Å². The summed E-state index contributed by atoms with van der Waals surface area (Å²) in [6.45, 7) is 8.42. The molecule has 2 aliphatic heterocycles. The van der Waals surface area contributed by atoms with Crippen molar-refractivity contribution in [2.45, 2.75) is 25.3 Å². The van der Waals surface area contributed by atoms with Crippen LogP contribution in [0.2, 0.25) is 0 Å². The Labute approximate surface area is 94.0 Å². The molecule has 0 aliphatic carbocycles. The number of nitrogens with one attached hydrogen (secondary N) is 3. The molecule has 0 aromatic carbocycles. The fourth-order valence-electron chi connectivity index (χ4n) is 3.17. The SMILES string of the molecule is C[NH+]1CCC([NH+]2CCC[NH+](C)CC2)CC1. The highest BCUT2D eigenvalue weighted by atomic mass is 15.2. The maximum Gasteiger partial charge on any atom is 0.127 e. The van der Waals surface area contributed by atoms with Gasteiger partial charge in [-0.25, -0.2) is 0 Å². The molecule has 2 aliphatic rings. The Balaban J connectivity index is 1.82. The molecule has 15 heavy (non-hydrogen) atoms. The fourth-order valence-corrected chi connectivity index (χ4v) is 3.17. The first kappa shape index (κ1) is 11.4. The van der Waals surface area contributed by atoms with E-state index in [0.717, 1.165) is 6.04 Å². The average molecular weight is 214 g/mol. The molecule has 2 fully saturated rings. The summed E-state index contributed by atoms with van der Waals surface area (Å²) >= 11 is 0. The summed E-state index contributed by atoms with van der Waals surface area (Å²) in [7, 11) is 4.69. The summed E-state index contributed by atoms with van der Waals surface area (Å²) in [5.41, 5.74) is 0. The van der Waals surface area contributed by atoms with Gasteiger partial charge in [0.05, 0.1) is 46.3 Å². The van der Waals surface area contributed by atoms with Gasteiger partial charge in [0.1, 0.15) is 13.1 Å². The van der Waals surface area contributed by atoms with Gasteiger partial charge in [-0.3, -0.25) is 0 Å². The predicted octanol–water partition coefficient (Wildman–Crippen LogP) is -3.53. The van der Waals surface area contributed by atoms with Crippen molar-refractivity contribution < 1.29 is 14.7 Å². The number of likely N-dealkylation sites (N-methyl/N-ethyl adjacent to an activating group) is 1. The summed E-state index contributed by atoms with van der Waals surface area (Å²) in [6.07, 6.45) is 4.35. The molecule has 2 rings (SSSR count). The first-order valence-corrected chi connectivity index (χ1v) is 6.73. The Morgan fingerprint density at radius 3 is 2.13 bits per heavy atom. The van der Waals surface area contributed by atoms with E-state index >= 15 is 0 Å². The predicted molar refractivity (Wildman–Crippen MR) is 61.6 cm³/mol. The van der Waals surface area contributed by atoms with Crippen LogP contribution in [-0.2, 0) is 0 Å². The van der Waals surface area contributed by atoms with Gasteiger partial charge in [-0.15, -0.1) is 0 Å². The van der Waals surface area contributed by atoms with Gasteiger partial charge in [0.25, 0.3) is 0 Å². The van der Waals surface area contributed by atoms with Gasteiger partial charge >= 0.3 is 0 Å². The molecule has 2 atom stereocenters. The van der Waals surface area contributed by atoms with E-state index in [-0.39, 0.29) is 0 Å². The van der Waals surface area contributed by atoms with Crippen LogP contribution in [0.5, 0.6) is 0 Å². The minimum Gasteiger partial charge on any atom is -0.337 e. The van der Waals surface area contributed by atoms with Crippen molar-refractivity contribution in [3.63, 3.8) is 0 Å². The van der Waals surface area contributed by atoms with E-state index in [2.05, 4.69) is 14.1 Å².